The zero-order valence-corrected chi connectivity index (χ0v) is 18.4. The minimum Gasteiger partial charge on any atom is -0.411 e. The highest BCUT2D eigenvalue weighted by atomic mass is 28.4. The molecule has 3 heteroatoms. The quantitative estimate of drug-likeness (QED) is 0.465. The largest absolute Gasteiger partial charge is 0.411 e. The average Bonchev–Trinajstić information content (AvgIpc) is 2.86. The van der Waals surface area contributed by atoms with Crippen LogP contribution in [-0.2, 0) is 9.22 Å². The van der Waals surface area contributed by atoms with Crippen molar-refractivity contribution in [3.8, 4) is 0 Å². The third-order valence-corrected chi connectivity index (χ3v) is 11.0. The minimum atomic E-state index is -1.78. The number of ketones is 1. The number of carbonyl (C=O) groups excluding carboxylic acids is 1. The van der Waals surface area contributed by atoms with Gasteiger partial charge in [0.2, 0.25) is 0 Å². The zero-order chi connectivity index (χ0) is 19.1. The molecule has 4 rings (SSSR count). The van der Waals surface area contributed by atoms with Crippen LogP contribution >= 0.6 is 0 Å². The van der Waals surface area contributed by atoms with Crippen molar-refractivity contribution >= 4 is 14.1 Å². The molecule has 2 nitrogen and oxygen atoms in total. The van der Waals surface area contributed by atoms with Crippen molar-refractivity contribution in [2.75, 3.05) is 0 Å². The summed E-state index contributed by atoms with van der Waals surface area (Å²) in [5, 5.41) is 0. The Bertz CT molecular complexity index is 678. The van der Waals surface area contributed by atoms with Crippen molar-refractivity contribution in [3.63, 3.8) is 0 Å². The van der Waals surface area contributed by atoms with Gasteiger partial charge in [0.15, 0.2) is 8.32 Å². The molecule has 1 heterocycles. The lowest BCUT2D eigenvalue weighted by Gasteiger charge is -2.49. The van der Waals surface area contributed by atoms with Crippen LogP contribution in [0.4, 0.5) is 0 Å². The Morgan fingerprint density at radius 3 is 2.69 bits per heavy atom. The molecule has 0 N–H and O–H groups in total. The summed E-state index contributed by atoms with van der Waals surface area (Å²) >= 11 is 0. The van der Waals surface area contributed by atoms with E-state index in [1.807, 2.05) is 0 Å². The number of hydrogen-bond donors (Lipinski definition) is 0. The van der Waals surface area contributed by atoms with E-state index in [2.05, 4.69) is 53.1 Å². The van der Waals surface area contributed by atoms with Gasteiger partial charge in [0.25, 0.3) is 0 Å². The molecule has 6 atom stereocenters. The van der Waals surface area contributed by atoms with Crippen LogP contribution in [0.25, 0.3) is 0 Å². The second-order valence-electron chi connectivity index (χ2n) is 11.0. The van der Waals surface area contributed by atoms with E-state index in [1.165, 1.54) is 6.42 Å². The summed E-state index contributed by atoms with van der Waals surface area (Å²) in [6.45, 7) is 19.9. The maximum absolute atomic E-state index is 14.2. The highest BCUT2D eigenvalue weighted by Gasteiger charge is 2.81. The molecular weight excluding hydrogens is 336 g/mol. The first-order valence-electron chi connectivity index (χ1n) is 10.5. The molecular formula is C23H36O2Si. The highest BCUT2D eigenvalue weighted by molar-refractivity contribution is 6.71. The predicted octanol–water partition coefficient (Wildman–Crippen LogP) is 5.76. The molecule has 1 aliphatic heterocycles. The third kappa shape index (κ3) is 2.16. The van der Waals surface area contributed by atoms with Crippen molar-refractivity contribution in [2.45, 2.75) is 77.6 Å². The summed E-state index contributed by atoms with van der Waals surface area (Å²) in [4.78, 5) is 14.2. The second kappa shape index (κ2) is 5.44. The van der Waals surface area contributed by atoms with Gasteiger partial charge in [-0.15, -0.1) is 13.2 Å². The van der Waals surface area contributed by atoms with Crippen LogP contribution in [0.2, 0.25) is 19.1 Å². The maximum atomic E-state index is 14.2. The number of fused-ring (bicyclic) bond motifs is 2. The first-order valence-corrected chi connectivity index (χ1v) is 13.6. The van der Waals surface area contributed by atoms with Gasteiger partial charge in [0, 0.05) is 17.3 Å². The normalized spacial score (nSPS) is 48.0. The lowest BCUT2D eigenvalue weighted by atomic mass is 9.61. The molecule has 4 fully saturated rings. The van der Waals surface area contributed by atoms with Crippen LogP contribution in [0.15, 0.2) is 24.8 Å². The summed E-state index contributed by atoms with van der Waals surface area (Å²) in [5.74, 6) is 1.82. The zero-order valence-electron chi connectivity index (χ0n) is 17.4. The third-order valence-electron chi connectivity index (χ3n) is 8.58. The SMILES string of the molecule is C=C[C@@H]1CCC[C@]12C(=O)[C@@H](CC(=C)C)[C@@H]1C(C)(C)[C@]13C[C@H]2C[Si](C)(C)O3. The second-order valence-corrected chi connectivity index (χ2v) is 15.1. The lowest BCUT2D eigenvalue weighted by molar-refractivity contribution is -0.138. The summed E-state index contributed by atoms with van der Waals surface area (Å²) in [6.07, 6.45) is 7.40. The molecule has 2 spiro atoms. The fourth-order valence-corrected chi connectivity index (χ4v) is 11.0. The fraction of sp³-hybridized carbons (Fsp3) is 0.783. The van der Waals surface area contributed by atoms with Gasteiger partial charge in [-0.2, -0.15) is 0 Å². The number of hydrogen-bond acceptors (Lipinski definition) is 2. The fourth-order valence-electron chi connectivity index (χ4n) is 7.72. The Morgan fingerprint density at radius 1 is 1.38 bits per heavy atom. The van der Waals surface area contributed by atoms with Gasteiger partial charge in [-0.3, -0.25) is 4.79 Å². The molecule has 0 radical (unpaired) electrons. The van der Waals surface area contributed by atoms with Crippen molar-refractivity contribution in [1.29, 1.82) is 0 Å². The van der Waals surface area contributed by atoms with E-state index < -0.39 is 8.32 Å². The number of allylic oxidation sites excluding steroid dienone is 2. The van der Waals surface area contributed by atoms with Gasteiger partial charge >= 0.3 is 0 Å². The number of rotatable bonds is 3. The van der Waals surface area contributed by atoms with Crippen LogP contribution in [0.3, 0.4) is 0 Å². The molecule has 0 unspecified atom stereocenters. The van der Waals surface area contributed by atoms with Gasteiger partial charge in [0.1, 0.15) is 5.78 Å². The molecule has 1 saturated heterocycles. The molecule has 3 aliphatic carbocycles. The molecule has 144 valence electrons. The van der Waals surface area contributed by atoms with E-state index in [1.54, 1.807) is 0 Å². The van der Waals surface area contributed by atoms with Crippen molar-refractivity contribution in [1.82, 2.24) is 0 Å². The van der Waals surface area contributed by atoms with Gasteiger partial charge in [0.05, 0.1) is 5.60 Å². The summed E-state index contributed by atoms with van der Waals surface area (Å²) in [7, 11) is -1.78. The minimum absolute atomic E-state index is 0.0702. The van der Waals surface area contributed by atoms with Crippen LogP contribution < -0.4 is 0 Å². The van der Waals surface area contributed by atoms with Gasteiger partial charge in [-0.1, -0.05) is 31.9 Å². The van der Waals surface area contributed by atoms with Crippen LogP contribution in [0, 0.1) is 34.5 Å². The molecule has 2 bridgehead atoms. The maximum Gasteiger partial charge on any atom is 0.187 e. The van der Waals surface area contributed by atoms with Crippen molar-refractivity contribution < 1.29 is 9.22 Å². The number of Topliss-reactive ketones (excluding diaryl/α,β-unsaturated/α-hetero) is 1. The average molecular weight is 373 g/mol. The van der Waals surface area contributed by atoms with E-state index >= 15 is 0 Å². The van der Waals surface area contributed by atoms with Crippen LogP contribution in [0.5, 0.6) is 0 Å². The van der Waals surface area contributed by atoms with Crippen LogP contribution in [0.1, 0.15) is 52.9 Å². The standard InChI is InChI=1S/C23H36O2Si/c1-8-16-10-9-11-22(16)17-13-23(25-26(6,7)14-17)19(21(23,4)5)18(20(22)24)12-15(2)3/h8,16-19H,1-2,9-14H2,3-7H3/t16-,17+,18+,19-,22+,23+/m1/s1. The van der Waals surface area contributed by atoms with Gasteiger partial charge < -0.3 is 4.43 Å². The Hall–Kier alpha value is -0.673. The van der Waals surface area contributed by atoms with Crippen molar-refractivity contribution in [3.05, 3.63) is 24.8 Å². The smallest absolute Gasteiger partial charge is 0.187 e. The van der Waals surface area contributed by atoms with Crippen molar-refractivity contribution in [2.24, 2.45) is 34.5 Å². The van der Waals surface area contributed by atoms with E-state index in [0.29, 0.717) is 23.5 Å². The van der Waals surface area contributed by atoms with E-state index in [4.69, 9.17) is 4.43 Å². The van der Waals surface area contributed by atoms with Gasteiger partial charge in [-0.05, 0) is 69.0 Å². The first-order chi connectivity index (χ1) is 12.0. The molecule has 0 aromatic carbocycles. The molecule has 3 saturated carbocycles. The Morgan fingerprint density at radius 2 is 2.08 bits per heavy atom. The Kier molecular flexibility index (Phi) is 3.91. The Labute approximate surface area is 160 Å². The van der Waals surface area contributed by atoms with Crippen LogP contribution in [-0.4, -0.2) is 19.7 Å². The molecule has 0 amide bonds. The van der Waals surface area contributed by atoms with Gasteiger partial charge in [-0.25, -0.2) is 0 Å². The van der Waals surface area contributed by atoms with E-state index in [0.717, 1.165) is 37.3 Å². The Balaban J connectivity index is 1.89. The highest BCUT2D eigenvalue weighted by Crippen LogP contribution is 2.77. The lowest BCUT2D eigenvalue weighted by Crippen LogP contribution is -2.53. The summed E-state index contributed by atoms with van der Waals surface area (Å²) < 4.78 is 6.96. The van der Waals surface area contributed by atoms with E-state index in [9.17, 15) is 4.79 Å². The predicted molar refractivity (Wildman–Crippen MR) is 109 cm³/mol. The monoisotopic (exact) mass is 372 g/mol. The topological polar surface area (TPSA) is 26.3 Å². The van der Waals surface area contributed by atoms with E-state index in [-0.39, 0.29) is 22.3 Å². The molecule has 0 aromatic rings. The first kappa shape index (κ1) is 18.7. The molecule has 0 aromatic heterocycles. The summed E-state index contributed by atoms with van der Waals surface area (Å²) in [5.41, 5.74) is 0.999. The number of carbonyl (C=O) groups is 1. The molecule has 4 aliphatic rings. The summed E-state index contributed by atoms with van der Waals surface area (Å²) in [6, 6.07) is 1.13. The molecule has 26 heavy (non-hydrogen) atoms.